The second kappa shape index (κ2) is 4.95. The van der Waals surface area contributed by atoms with E-state index in [2.05, 4.69) is 37.0 Å². The summed E-state index contributed by atoms with van der Waals surface area (Å²) in [4.78, 5) is 4.34. The fraction of sp³-hybridized carbons (Fsp3) is 0.176. The highest BCUT2D eigenvalue weighted by molar-refractivity contribution is 5.85. The van der Waals surface area contributed by atoms with Gasteiger partial charge in [-0.25, -0.2) is 4.98 Å². The lowest BCUT2D eigenvalue weighted by atomic mass is 10.0. The summed E-state index contributed by atoms with van der Waals surface area (Å²) in [5.74, 6) is 0.881. The van der Waals surface area contributed by atoms with E-state index in [1.165, 1.54) is 5.56 Å². The van der Waals surface area contributed by atoms with Gasteiger partial charge in [0.2, 0.25) is 5.95 Å². The number of para-hydroxylation sites is 1. The molecule has 0 bridgehead atoms. The molecule has 0 radical (unpaired) electrons. The van der Waals surface area contributed by atoms with Gasteiger partial charge in [0.15, 0.2) is 0 Å². The van der Waals surface area contributed by atoms with Crippen LogP contribution in [0.4, 0.5) is 5.95 Å². The molecule has 0 aliphatic rings. The minimum Gasteiger partial charge on any atom is -0.369 e. The van der Waals surface area contributed by atoms with Crippen molar-refractivity contribution < 1.29 is 0 Å². The second-order valence-corrected chi connectivity index (χ2v) is 5.34. The van der Waals surface area contributed by atoms with Crippen LogP contribution in [-0.4, -0.2) is 9.55 Å². The van der Waals surface area contributed by atoms with Crippen molar-refractivity contribution in [1.82, 2.24) is 9.55 Å². The number of fused-ring (bicyclic) bond motifs is 1. The number of hydrogen-bond donors (Lipinski definition) is 1. The second-order valence-electron chi connectivity index (χ2n) is 5.34. The average molecular weight is 276 g/mol. The van der Waals surface area contributed by atoms with Gasteiger partial charge < -0.3 is 5.73 Å². The Balaban J connectivity index is 2.21. The molecule has 0 aliphatic heterocycles. The van der Waals surface area contributed by atoms with E-state index in [9.17, 15) is 0 Å². The summed E-state index contributed by atoms with van der Waals surface area (Å²) in [6, 6.07) is 15.9. The van der Waals surface area contributed by atoms with E-state index < -0.39 is 0 Å². The molecule has 0 amide bonds. The van der Waals surface area contributed by atoms with Crippen LogP contribution in [0.2, 0.25) is 0 Å². The fourth-order valence-corrected chi connectivity index (χ4v) is 2.49. The van der Waals surface area contributed by atoms with Crippen LogP contribution >= 0.6 is 0 Å². The Morgan fingerprint density at radius 2 is 1.86 bits per heavy atom. The summed E-state index contributed by atoms with van der Waals surface area (Å²) in [7, 11) is 0. The van der Waals surface area contributed by atoms with Gasteiger partial charge in [0.25, 0.3) is 0 Å². The molecule has 21 heavy (non-hydrogen) atoms. The third kappa shape index (κ3) is 2.13. The van der Waals surface area contributed by atoms with E-state index >= 15 is 0 Å². The first-order valence-corrected chi connectivity index (χ1v) is 6.89. The van der Waals surface area contributed by atoms with Crippen molar-refractivity contribution in [3.63, 3.8) is 0 Å². The topological polar surface area (TPSA) is 67.6 Å². The zero-order chi connectivity index (χ0) is 15.0. The molecule has 0 spiro atoms. The zero-order valence-corrected chi connectivity index (χ0v) is 12.0. The number of hydrogen-bond acceptors (Lipinski definition) is 3. The molecule has 0 saturated heterocycles. The minimum atomic E-state index is 0.394. The first kappa shape index (κ1) is 13.2. The number of nitrogen functional groups attached to an aromatic ring is 1. The SMILES string of the molecule is CC(C)c1ccc(-n2c(N)nc3c(C#N)cccc32)cc1. The average Bonchev–Trinajstić information content (AvgIpc) is 2.83. The standard InChI is InChI=1S/C17H16N4/c1-11(2)12-6-8-14(9-7-12)21-15-5-3-4-13(10-18)16(15)20-17(21)19/h3-9,11H,1-2H3,(H2,19,20). The molecule has 3 rings (SSSR count). The first-order valence-electron chi connectivity index (χ1n) is 6.89. The predicted octanol–water partition coefficient (Wildman–Crippen LogP) is 3.60. The van der Waals surface area contributed by atoms with Gasteiger partial charge in [0.1, 0.15) is 11.6 Å². The normalized spacial score (nSPS) is 11.0. The number of nitrogens with zero attached hydrogens (tertiary/aromatic N) is 3. The van der Waals surface area contributed by atoms with Crippen LogP contribution in [0, 0.1) is 11.3 Å². The van der Waals surface area contributed by atoms with Gasteiger partial charge in [-0.15, -0.1) is 0 Å². The van der Waals surface area contributed by atoms with E-state index in [0.717, 1.165) is 11.2 Å². The van der Waals surface area contributed by atoms with Crippen LogP contribution in [0.1, 0.15) is 30.9 Å². The fourth-order valence-electron chi connectivity index (χ4n) is 2.49. The summed E-state index contributed by atoms with van der Waals surface area (Å²) in [6.45, 7) is 4.32. The highest BCUT2D eigenvalue weighted by Gasteiger charge is 2.13. The molecule has 0 atom stereocenters. The predicted molar refractivity (Wildman–Crippen MR) is 84.3 cm³/mol. The van der Waals surface area contributed by atoms with Gasteiger partial charge in [-0.2, -0.15) is 5.26 Å². The Labute approximate surface area is 123 Å². The van der Waals surface area contributed by atoms with Crippen molar-refractivity contribution >= 4 is 17.0 Å². The van der Waals surface area contributed by atoms with Crippen LogP contribution < -0.4 is 5.73 Å². The molecular formula is C17H16N4. The van der Waals surface area contributed by atoms with E-state index in [-0.39, 0.29) is 0 Å². The number of nitriles is 1. The Kier molecular flexibility index (Phi) is 3.11. The molecule has 1 heterocycles. The molecule has 0 aliphatic carbocycles. The quantitative estimate of drug-likeness (QED) is 0.777. The number of benzene rings is 2. The Hall–Kier alpha value is -2.80. The van der Waals surface area contributed by atoms with Gasteiger partial charge in [-0.05, 0) is 35.7 Å². The van der Waals surface area contributed by atoms with Crippen LogP contribution in [-0.2, 0) is 0 Å². The minimum absolute atomic E-state index is 0.394. The lowest BCUT2D eigenvalue weighted by molar-refractivity contribution is 0.865. The maximum absolute atomic E-state index is 9.16. The lowest BCUT2D eigenvalue weighted by Gasteiger charge is -2.09. The number of anilines is 1. The summed E-state index contributed by atoms with van der Waals surface area (Å²) < 4.78 is 1.88. The van der Waals surface area contributed by atoms with Crippen molar-refractivity contribution in [1.29, 1.82) is 5.26 Å². The molecule has 2 N–H and O–H groups in total. The van der Waals surface area contributed by atoms with E-state index in [4.69, 9.17) is 11.0 Å². The smallest absolute Gasteiger partial charge is 0.205 e. The van der Waals surface area contributed by atoms with Crippen LogP contribution in [0.25, 0.3) is 16.7 Å². The van der Waals surface area contributed by atoms with Gasteiger partial charge in [-0.3, -0.25) is 4.57 Å². The Morgan fingerprint density at radius 3 is 2.48 bits per heavy atom. The van der Waals surface area contributed by atoms with E-state index in [0.29, 0.717) is 22.9 Å². The van der Waals surface area contributed by atoms with Crippen molar-refractivity contribution in [3.05, 3.63) is 53.6 Å². The molecule has 3 aromatic rings. The first-order chi connectivity index (χ1) is 10.1. The Bertz CT molecular complexity index is 836. The van der Waals surface area contributed by atoms with Gasteiger partial charge in [0, 0.05) is 5.69 Å². The molecule has 4 heteroatoms. The molecule has 2 aromatic carbocycles. The summed E-state index contributed by atoms with van der Waals surface area (Å²) in [6.07, 6.45) is 0. The largest absolute Gasteiger partial charge is 0.369 e. The lowest BCUT2D eigenvalue weighted by Crippen LogP contribution is -2.00. The van der Waals surface area contributed by atoms with Gasteiger partial charge in [-0.1, -0.05) is 32.0 Å². The molecule has 0 fully saturated rings. The summed E-state index contributed by atoms with van der Waals surface area (Å²) in [5.41, 5.74) is 10.3. The number of rotatable bonds is 2. The molecule has 4 nitrogen and oxygen atoms in total. The van der Waals surface area contributed by atoms with Crippen molar-refractivity contribution in [3.8, 4) is 11.8 Å². The number of imidazole rings is 1. The van der Waals surface area contributed by atoms with Gasteiger partial charge in [0.05, 0.1) is 11.1 Å². The third-order valence-corrected chi connectivity index (χ3v) is 3.65. The summed E-state index contributed by atoms with van der Waals surface area (Å²) in [5, 5.41) is 9.16. The number of aromatic nitrogens is 2. The van der Waals surface area contributed by atoms with Crippen molar-refractivity contribution in [2.75, 3.05) is 5.73 Å². The monoisotopic (exact) mass is 276 g/mol. The summed E-state index contributed by atoms with van der Waals surface area (Å²) >= 11 is 0. The molecule has 104 valence electrons. The van der Waals surface area contributed by atoms with E-state index in [1.54, 1.807) is 6.07 Å². The van der Waals surface area contributed by atoms with Crippen molar-refractivity contribution in [2.45, 2.75) is 19.8 Å². The van der Waals surface area contributed by atoms with Crippen LogP contribution in [0.15, 0.2) is 42.5 Å². The molecule has 1 aromatic heterocycles. The molecule has 0 saturated carbocycles. The van der Waals surface area contributed by atoms with Crippen LogP contribution in [0.3, 0.4) is 0 Å². The van der Waals surface area contributed by atoms with Crippen LogP contribution in [0.5, 0.6) is 0 Å². The molecular weight excluding hydrogens is 260 g/mol. The highest BCUT2D eigenvalue weighted by atomic mass is 15.2. The Morgan fingerprint density at radius 1 is 1.14 bits per heavy atom. The van der Waals surface area contributed by atoms with Crippen molar-refractivity contribution in [2.24, 2.45) is 0 Å². The maximum Gasteiger partial charge on any atom is 0.205 e. The third-order valence-electron chi connectivity index (χ3n) is 3.65. The highest BCUT2D eigenvalue weighted by Crippen LogP contribution is 2.26. The van der Waals surface area contributed by atoms with E-state index in [1.807, 2.05) is 28.8 Å². The van der Waals surface area contributed by atoms with Gasteiger partial charge >= 0.3 is 0 Å². The zero-order valence-electron chi connectivity index (χ0n) is 12.0. The maximum atomic E-state index is 9.16. The molecule has 0 unspecified atom stereocenters. The number of nitrogens with two attached hydrogens (primary N) is 1.